The van der Waals surface area contributed by atoms with E-state index in [1.807, 2.05) is 6.07 Å². The number of ether oxygens (including phenoxy) is 1. The minimum Gasteiger partial charge on any atom is -0.375 e. The van der Waals surface area contributed by atoms with Gasteiger partial charge in [-0.05, 0) is 37.6 Å². The lowest BCUT2D eigenvalue weighted by molar-refractivity contribution is -0.102. The first-order valence-corrected chi connectivity index (χ1v) is 6.25. The second-order valence-corrected chi connectivity index (χ2v) is 4.58. The number of pyridine rings is 1. The Morgan fingerprint density at radius 3 is 2.89 bits per heavy atom. The smallest absolute Gasteiger partial charge is 0.0692 e. The van der Waals surface area contributed by atoms with Crippen molar-refractivity contribution in [3.05, 3.63) is 30.1 Å². The summed E-state index contributed by atoms with van der Waals surface area (Å²) in [6.07, 6.45) is -9.95. The molecule has 100 valence electrons. The van der Waals surface area contributed by atoms with Gasteiger partial charge in [-0.3, -0.25) is 4.98 Å². The van der Waals surface area contributed by atoms with E-state index in [1.165, 1.54) is 18.3 Å². The molecular formula is C16H20N2O. The second kappa shape index (κ2) is 4.94. The van der Waals surface area contributed by atoms with Crippen LogP contribution in [0.2, 0.25) is 0 Å². The highest BCUT2D eigenvalue weighted by Gasteiger charge is 2.48. The molecule has 1 aromatic rings. The molecule has 2 aliphatic rings. The zero-order chi connectivity index (χ0) is 20.4. The highest BCUT2D eigenvalue weighted by atomic mass is 16.5. The van der Waals surface area contributed by atoms with E-state index in [0.717, 1.165) is 0 Å². The normalized spacial score (nSPS) is 46.1. The summed E-state index contributed by atoms with van der Waals surface area (Å²) < 4.78 is 73.8. The average Bonchev–Trinajstić information content (AvgIpc) is 2.76. The van der Waals surface area contributed by atoms with Gasteiger partial charge >= 0.3 is 0 Å². The van der Waals surface area contributed by atoms with Crippen LogP contribution in [-0.4, -0.2) is 17.2 Å². The van der Waals surface area contributed by atoms with Crippen LogP contribution in [0.25, 0.3) is 0 Å². The van der Waals surface area contributed by atoms with Crippen LogP contribution < -0.4 is 0 Å². The molecule has 1 atom stereocenters. The first-order valence-electron chi connectivity index (χ1n) is 10.3. The van der Waals surface area contributed by atoms with Crippen molar-refractivity contribution in [2.45, 2.75) is 55.8 Å². The number of nitrogens with zero attached hydrogens (tertiary/aromatic N) is 2. The van der Waals surface area contributed by atoms with E-state index < -0.39 is 49.5 Å². The molecule has 1 saturated heterocycles. The Labute approximate surface area is 125 Å². The van der Waals surface area contributed by atoms with Crippen molar-refractivity contribution in [1.82, 2.24) is 4.98 Å². The Hall–Kier alpha value is -1.40. The van der Waals surface area contributed by atoms with Crippen LogP contribution in [0.3, 0.4) is 0 Å². The van der Waals surface area contributed by atoms with Crippen LogP contribution >= 0.6 is 0 Å². The molecule has 3 heteroatoms. The fourth-order valence-electron chi connectivity index (χ4n) is 2.46. The van der Waals surface area contributed by atoms with Crippen LogP contribution in [0, 0.1) is 11.3 Å². The molecule has 1 unspecified atom stereocenters. The number of rotatable bonds is 2. The molecule has 0 bridgehead atoms. The molecule has 19 heavy (non-hydrogen) atoms. The van der Waals surface area contributed by atoms with Crippen LogP contribution in [-0.2, 0) is 10.2 Å². The molecule has 1 aliphatic heterocycles. The number of hydrogen-bond acceptors (Lipinski definition) is 3. The lowest BCUT2D eigenvalue weighted by atomic mass is 9.68. The van der Waals surface area contributed by atoms with Crippen molar-refractivity contribution in [3.63, 3.8) is 0 Å². The third kappa shape index (κ3) is 2.26. The molecule has 1 aromatic heterocycles. The maximum atomic E-state index is 9.46. The van der Waals surface area contributed by atoms with Gasteiger partial charge in [0, 0.05) is 41.3 Å². The molecule has 0 N–H and O–H groups in total. The van der Waals surface area contributed by atoms with Gasteiger partial charge in [0.2, 0.25) is 0 Å². The summed E-state index contributed by atoms with van der Waals surface area (Å²) in [4.78, 5) is 4.10. The van der Waals surface area contributed by atoms with Crippen molar-refractivity contribution >= 4 is 0 Å². The fraction of sp³-hybridized carbons (Fsp3) is 0.625. The highest BCUT2D eigenvalue weighted by Crippen LogP contribution is 2.49. The van der Waals surface area contributed by atoms with E-state index in [0.29, 0.717) is 0 Å². The SMILES string of the molecule is [2H]C1([2H])COC2(C([2H])([2H])CCC2([2H])[2H])C([2H])([2H])C1(CC#N)c1ccccn1. The molecule has 0 amide bonds. The highest BCUT2D eigenvalue weighted by molar-refractivity contribution is 5.22. The number of nitriles is 1. The third-order valence-corrected chi connectivity index (χ3v) is 3.37. The molecule has 0 radical (unpaired) electrons. The van der Waals surface area contributed by atoms with Gasteiger partial charge in [-0.15, -0.1) is 0 Å². The van der Waals surface area contributed by atoms with Crippen molar-refractivity contribution in [3.8, 4) is 6.07 Å². The van der Waals surface area contributed by atoms with Crippen LogP contribution in [0.15, 0.2) is 24.4 Å². The van der Waals surface area contributed by atoms with Crippen LogP contribution in [0.5, 0.6) is 0 Å². The van der Waals surface area contributed by atoms with E-state index >= 15 is 0 Å². The predicted molar refractivity (Wildman–Crippen MR) is 72.5 cm³/mol. The van der Waals surface area contributed by atoms with Gasteiger partial charge in [0.25, 0.3) is 0 Å². The van der Waals surface area contributed by atoms with Gasteiger partial charge in [-0.2, -0.15) is 5.26 Å². The lowest BCUT2D eigenvalue weighted by Gasteiger charge is -2.45. The molecule has 1 spiro atoms. The largest absolute Gasteiger partial charge is 0.375 e. The Morgan fingerprint density at radius 1 is 1.37 bits per heavy atom. The molecule has 1 saturated carbocycles. The zero-order valence-electron chi connectivity index (χ0n) is 18.4. The maximum Gasteiger partial charge on any atom is 0.0692 e. The zero-order valence-corrected chi connectivity index (χ0v) is 10.4. The van der Waals surface area contributed by atoms with E-state index in [4.69, 9.17) is 15.7 Å². The average molecular weight is 264 g/mol. The number of aromatic nitrogens is 1. The molecule has 3 nitrogen and oxygen atoms in total. The molecule has 2 fully saturated rings. The van der Waals surface area contributed by atoms with Crippen LogP contribution in [0.1, 0.15) is 61.4 Å². The third-order valence-electron chi connectivity index (χ3n) is 3.37. The van der Waals surface area contributed by atoms with Gasteiger partial charge < -0.3 is 4.74 Å². The Kier molecular flexibility index (Phi) is 1.65. The van der Waals surface area contributed by atoms with Gasteiger partial charge in [-0.25, -0.2) is 0 Å². The second-order valence-electron chi connectivity index (χ2n) is 4.58. The Morgan fingerprint density at radius 2 is 2.21 bits per heavy atom. The lowest BCUT2D eigenvalue weighted by Crippen LogP contribution is -2.46. The fourth-order valence-corrected chi connectivity index (χ4v) is 2.46. The molecule has 3 rings (SSSR count). The summed E-state index contributed by atoms with van der Waals surface area (Å²) in [6.45, 7) is -0.746. The van der Waals surface area contributed by atoms with Crippen molar-refractivity contribution in [1.29, 1.82) is 5.26 Å². The molecule has 2 heterocycles. The summed E-state index contributed by atoms with van der Waals surface area (Å²) in [7, 11) is 0. The Balaban J connectivity index is 2.39. The first kappa shape index (κ1) is 6.37. The van der Waals surface area contributed by atoms with Crippen molar-refractivity contribution in [2.75, 3.05) is 6.61 Å². The Bertz CT molecular complexity index is 760. The topological polar surface area (TPSA) is 45.9 Å². The maximum absolute atomic E-state index is 9.46. The summed E-state index contributed by atoms with van der Waals surface area (Å²) in [5.41, 5.74) is -4.84. The van der Waals surface area contributed by atoms with E-state index in [2.05, 4.69) is 4.98 Å². The minimum absolute atomic E-state index is 0.0530. The van der Waals surface area contributed by atoms with Crippen molar-refractivity contribution < 1.29 is 15.7 Å². The van der Waals surface area contributed by atoms with Gasteiger partial charge in [0.1, 0.15) is 0 Å². The molecule has 0 aromatic carbocycles. The monoisotopic (exact) mass is 264 g/mol. The van der Waals surface area contributed by atoms with Gasteiger partial charge in [-0.1, -0.05) is 18.9 Å². The number of hydrogen-bond donors (Lipinski definition) is 0. The van der Waals surface area contributed by atoms with Gasteiger partial charge in [0.05, 0.1) is 11.7 Å². The molecular weight excluding hydrogens is 236 g/mol. The predicted octanol–water partition coefficient (Wildman–Crippen LogP) is 3.36. The first-order chi connectivity index (χ1) is 12.3. The minimum atomic E-state index is -2.91. The van der Waals surface area contributed by atoms with E-state index in [1.54, 1.807) is 6.07 Å². The standard InChI is InChI=1S/C16H20N2O/c17-10-8-15(14-5-1-4-11-18-14)9-12-19-16(13-15)6-2-3-7-16/h1,4-5,11H,2-3,6-9,12-13H2/i6D2,7D2,9D2,13D2. The summed E-state index contributed by atoms with van der Waals surface area (Å²) in [5.74, 6) is 0. The summed E-state index contributed by atoms with van der Waals surface area (Å²) in [5, 5.41) is 9.46. The quantitative estimate of drug-likeness (QED) is 0.823. The molecule has 1 aliphatic carbocycles. The summed E-state index contributed by atoms with van der Waals surface area (Å²) >= 11 is 0. The van der Waals surface area contributed by atoms with E-state index in [9.17, 15) is 5.26 Å². The van der Waals surface area contributed by atoms with E-state index in [-0.39, 0.29) is 18.5 Å². The van der Waals surface area contributed by atoms with Gasteiger partial charge in [0.15, 0.2) is 0 Å². The van der Waals surface area contributed by atoms with Crippen LogP contribution in [0.4, 0.5) is 0 Å². The summed E-state index contributed by atoms with van der Waals surface area (Å²) in [6, 6.07) is 6.33. The van der Waals surface area contributed by atoms with Crippen molar-refractivity contribution in [2.24, 2.45) is 0 Å².